The summed E-state index contributed by atoms with van der Waals surface area (Å²) in [4.78, 5) is -0.0566. The average Bonchev–Trinajstić information content (AvgIpc) is 2.31. The van der Waals surface area contributed by atoms with Crippen LogP contribution in [0.4, 0.5) is 4.39 Å². The van der Waals surface area contributed by atoms with E-state index in [4.69, 9.17) is 5.11 Å². The average molecular weight is 275 g/mol. The zero-order valence-corrected chi connectivity index (χ0v) is 11.3. The molecule has 0 fully saturated rings. The van der Waals surface area contributed by atoms with Gasteiger partial charge in [0.2, 0.25) is 10.0 Å². The lowest BCUT2D eigenvalue weighted by molar-refractivity contribution is 0.270. The molecule has 1 unspecified atom stereocenters. The molecular weight excluding hydrogens is 257 g/mol. The Morgan fingerprint density at radius 3 is 2.67 bits per heavy atom. The molecule has 0 heterocycles. The van der Waals surface area contributed by atoms with E-state index in [-0.39, 0.29) is 17.5 Å². The molecule has 6 heteroatoms. The van der Waals surface area contributed by atoms with Crippen molar-refractivity contribution in [2.45, 2.75) is 37.6 Å². The van der Waals surface area contributed by atoms with Crippen molar-refractivity contribution in [2.75, 3.05) is 6.61 Å². The summed E-state index contributed by atoms with van der Waals surface area (Å²) in [5, 5.41) is 8.84. The van der Waals surface area contributed by atoms with Crippen molar-refractivity contribution in [3.63, 3.8) is 0 Å². The molecule has 102 valence electrons. The SMILES string of the molecule is CCC(CCO)NS(=O)(=O)c1cc(F)ccc1C. The molecule has 2 N–H and O–H groups in total. The summed E-state index contributed by atoms with van der Waals surface area (Å²) in [6, 6.07) is 3.31. The van der Waals surface area contributed by atoms with Gasteiger partial charge in [-0.25, -0.2) is 17.5 Å². The summed E-state index contributed by atoms with van der Waals surface area (Å²) in [5.74, 6) is -0.587. The minimum Gasteiger partial charge on any atom is -0.396 e. The van der Waals surface area contributed by atoms with Crippen molar-refractivity contribution in [2.24, 2.45) is 0 Å². The smallest absolute Gasteiger partial charge is 0.241 e. The second kappa shape index (κ2) is 6.26. The summed E-state index contributed by atoms with van der Waals surface area (Å²) in [7, 11) is -3.75. The molecule has 0 bridgehead atoms. The highest BCUT2D eigenvalue weighted by atomic mass is 32.2. The van der Waals surface area contributed by atoms with E-state index in [1.165, 1.54) is 12.1 Å². The predicted molar refractivity (Wildman–Crippen MR) is 67.2 cm³/mol. The van der Waals surface area contributed by atoms with Crippen molar-refractivity contribution in [3.8, 4) is 0 Å². The van der Waals surface area contributed by atoms with Crippen molar-refractivity contribution in [3.05, 3.63) is 29.6 Å². The van der Waals surface area contributed by atoms with Gasteiger partial charge in [0.15, 0.2) is 0 Å². The van der Waals surface area contributed by atoms with E-state index in [0.29, 0.717) is 18.4 Å². The van der Waals surface area contributed by atoms with E-state index in [2.05, 4.69) is 4.72 Å². The van der Waals surface area contributed by atoms with Crippen molar-refractivity contribution in [1.82, 2.24) is 4.72 Å². The van der Waals surface area contributed by atoms with Gasteiger partial charge >= 0.3 is 0 Å². The second-order valence-electron chi connectivity index (χ2n) is 4.15. The number of halogens is 1. The van der Waals surface area contributed by atoms with Gasteiger partial charge in [0.25, 0.3) is 0 Å². The molecular formula is C12H18FNO3S. The molecule has 4 nitrogen and oxygen atoms in total. The molecule has 1 atom stereocenters. The fraction of sp³-hybridized carbons (Fsp3) is 0.500. The first kappa shape index (κ1) is 15.1. The van der Waals surface area contributed by atoms with Crippen LogP contribution in [0, 0.1) is 12.7 Å². The normalized spacial score (nSPS) is 13.6. The summed E-state index contributed by atoms with van der Waals surface area (Å²) in [6.45, 7) is 3.34. The van der Waals surface area contributed by atoms with Crippen LogP contribution >= 0.6 is 0 Å². The zero-order valence-electron chi connectivity index (χ0n) is 10.5. The highest BCUT2D eigenvalue weighted by Crippen LogP contribution is 2.17. The fourth-order valence-corrected chi connectivity index (χ4v) is 3.26. The predicted octanol–water partition coefficient (Wildman–Crippen LogP) is 1.57. The molecule has 0 aliphatic carbocycles. The summed E-state index contributed by atoms with van der Waals surface area (Å²) in [5.41, 5.74) is 0.489. The van der Waals surface area contributed by atoms with Crippen LogP contribution in [0.25, 0.3) is 0 Å². The van der Waals surface area contributed by atoms with E-state index in [9.17, 15) is 12.8 Å². The highest BCUT2D eigenvalue weighted by Gasteiger charge is 2.21. The molecule has 1 rings (SSSR count). The van der Waals surface area contributed by atoms with Gasteiger partial charge in [0.1, 0.15) is 5.82 Å². The Kier molecular flexibility index (Phi) is 5.25. The quantitative estimate of drug-likeness (QED) is 0.828. The maximum absolute atomic E-state index is 13.1. The molecule has 0 aliphatic heterocycles. The lowest BCUT2D eigenvalue weighted by Crippen LogP contribution is -2.35. The molecule has 18 heavy (non-hydrogen) atoms. The first-order chi connectivity index (χ1) is 8.40. The fourth-order valence-electron chi connectivity index (χ4n) is 1.65. The minimum atomic E-state index is -3.75. The maximum Gasteiger partial charge on any atom is 0.241 e. The molecule has 0 spiro atoms. The number of rotatable bonds is 6. The Balaban J connectivity index is 3.02. The van der Waals surface area contributed by atoms with Crippen molar-refractivity contribution >= 4 is 10.0 Å². The van der Waals surface area contributed by atoms with Crippen LogP contribution in [-0.2, 0) is 10.0 Å². The topological polar surface area (TPSA) is 66.4 Å². The van der Waals surface area contributed by atoms with Gasteiger partial charge in [0.05, 0.1) is 4.90 Å². The standard InChI is InChI=1S/C12H18FNO3S/c1-3-11(6-7-15)14-18(16,17)12-8-10(13)5-4-9(12)2/h4-5,8,11,14-15H,3,6-7H2,1-2H3. The van der Waals surface area contributed by atoms with Crippen LogP contribution in [0.2, 0.25) is 0 Å². The molecule has 0 saturated carbocycles. The van der Waals surface area contributed by atoms with Gasteiger partial charge in [-0.05, 0) is 37.5 Å². The van der Waals surface area contributed by atoms with Gasteiger partial charge in [-0.15, -0.1) is 0 Å². The molecule has 0 radical (unpaired) electrons. The molecule has 1 aromatic carbocycles. The van der Waals surface area contributed by atoms with Crippen molar-refractivity contribution in [1.29, 1.82) is 0 Å². The molecule has 0 aromatic heterocycles. The van der Waals surface area contributed by atoms with Crippen LogP contribution in [0.1, 0.15) is 25.3 Å². The number of hydrogen-bond donors (Lipinski definition) is 2. The van der Waals surface area contributed by atoms with E-state index in [1.807, 2.05) is 6.92 Å². The Hall–Kier alpha value is -0.980. The Morgan fingerprint density at radius 2 is 2.11 bits per heavy atom. The Labute approximate surface area is 107 Å². The van der Waals surface area contributed by atoms with Gasteiger partial charge in [-0.3, -0.25) is 0 Å². The van der Waals surface area contributed by atoms with E-state index < -0.39 is 15.8 Å². The number of nitrogens with one attached hydrogen (secondary N) is 1. The summed E-state index contributed by atoms with van der Waals surface area (Å²) in [6.07, 6.45) is 0.901. The highest BCUT2D eigenvalue weighted by molar-refractivity contribution is 7.89. The van der Waals surface area contributed by atoms with Gasteiger partial charge in [-0.2, -0.15) is 0 Å². The van der Waals surface area contributed by atoms with Crippen LogP contribution < -0.4 is 4.72 Å². The van der Waals surface area contributed by atoms with Gasteiger partial charge < -0.3 is 5.11 Å². The first-order valence-corrected chi connectivity index (χ1v) is 7.28. The molecule has 0 aliphatic rings. The second-order valence-corrected chi connectivity index (χ2v) is 5.83. The third-order valence-electron chi connectivity index (χ3n) is 2.73. The minimum absolute atomic E-state index is 0.0566. The lowest BCUT2D eigenvalue weighted by Gasteiger charge is -2.17. The zero-order chi connectivity index (χ0) is 13.8. The molecule has 0 amide bonds. The van der Waals surface area contributed by atoms with Gasteiger partial charge in [0, 0.05) is 12.6 Å². The van der Waals surface area contributed by atoms with Crippen LogP contribution in [0.15, 0.2) is 23.1 Å². The van der Waals surface area contributed by atoms with E-state index in [1.54, 1.807) is 6.92 Å². The van der Waals surface area contributed by atoms with Crippen LogP contribution in [-0.4, -0.2) is 26.2 Å². The third kappa shape index (κ3) is 3.76. The maximum atomic E-state index is 13.1. The van der Waals surface area contributed by atoms with Crippen LogP contribution in [0.5, 0.6) is 0 Å². The Bertz CT molecular complexity index is 502. The molecule has 1 aromatic rings. The number of sulfonamides is 1. The number of benzene rings is 1. The summed E-state index contributed by atoms with van der Waals surface area (Å²) >= 11 is 0. The van der Waals surface area contributed by atoms with Crippen LogP contribution in [0.3, 0.4) is 0 Å². The summed E-state index contributed by atoms with van der Waals surface area (Å²) < 4.78 is 39.8. The van der Waals surface area contributed by atoms with E-state index >= 15 is 0 Å². The first-order valence-electron chi connectivity index (χ1n) is 5.80. The van der Waals surface area contributed by atoms with Crippen molar-refractivity contribution < 1.29 is 17.9 Å². The number of aliphatic hydroxyl groups excluding tert-OH is 1. The largest absolute Gasteiger partial charge is 0.396 e. The van der Waals surface area contributed by atoms with Gasteiger partial charge in [-0.1, -0.05) is 13.0 Å². The third-order valence-corrected chi connectivity index (χ3v) is 4.39. The number of aliphatic hydroxyl groups is 1. The van der Waals surface area contributed by atoms with E-state index in [0.717, 1.165) is 6.07 Å². The molecule has 0 saturated heterocycles. The lowest BCUT2D eigenvalue weighted by atomic mass is 10.2. The number of aryl methyl sites for hydroxylation is 1. The number of hydrogen-bond acceptors (Lipinski definition) is 3. The monoisotopic (exact) mass is 275 g/mol. The Morgan fingerprint density at radius 1 is 1.44 bits per heavy atom.